The maximum atomic E-state index is 13.0. The molecule has 2 rings (SSSR count). The molecule has 27 heavy (non-hydrogen) atoms. The zero-order chi connectivity index (χ0) is 20.6. The number of hydrogen-bond donors (Lipinski definition) is 2. The summed E-state index contributed by atoms with van der Waals surface area (Å²) in [6, 6.07) is 3.23. The molecule has 1 heterocycles. The zero-order valence-electron chi connectivity index (χ0n) is 14.5. The lowest BCUT2D eigenvalue weighted by Gasteiger charge is -2.32. The average molecular weight is 397 g/mol. The van der Waals surface area contributed by atoms with Crippen molar-refractivity contribution in [1.29, 1.82) is 0 Å². The minimum atomic E-state index is -5.94. The van der Waals surface area contributed by atoms with E-state index in [-0.39, 0.29) is 11.6 Å². The molecule has 0 spiro atoms. The second-order valence-electron chi connectivity index (χ2n) is 6.05. The van der Waals surface area contributed by atoms with E-state index in [2.05, 4.69) is 10.5 Å². The number of rotatable bonds is 5. The Morgan fingerprint density at radius 2 is 1.56 bits per heavy atom. The van der Waals surface area contributed by atoms with Crippen molar-refractivity contribution < 1.29 is 36.3 Å². The van der Waals surface area contributed by atoms with Crippen LogP contribution >= 0.6 is 0 Å². The number of nitrogens with one attached hydrogen (secondary N) is 1. The van der Waals surface area contributed by atoms with Gasteiger partial charge < -0.3 is 5.11 Å². The second kappa shape index (κ2) is 7.04. The molecule has 0 saturated heterocycles. The van der Waals surface area contributed by atoms with Crippen LogP contribution in [0.5, 0.6) is 0 Å². The van der Waals surface area contributed by atoms with Gasteiger partial charge in [-0.2, -0.15) is 26.3 Å². The van der Waals surface area contributed by atoms with Crippen LogP contribution in [0, 0.1) is 0 Å². The smallest absolute Gasteiger partial charge is 0.369 e. The summed E-state index contributed by atoms with van der Waals surface area (Å²) in [5, 5.41) is 9.46. The summed E-state index contributed by atoms with van der Waals surface area (Å²) in [7, 11) is 1.34. The number of imidazole rings is 1. The fourth-order valence-electron chi connectivity index (χ4n) is 2.56. The first kappa shape index (κ1) is 21.0. The van der Waals surface area contributed by atoms with E-state index in [1.54, 1.807) is 0 Å². The molecule has 150 valence electrons. The fraction of sp³-hybridized carbons (Fsp3) is 0.438. The first-order chi connectivity index (χ1) is 12.3. The third-order valence-corrected chi connectivity index (χ3v) is 3.88. The maximum absolute atomic E-state index is 13.0. The molecule has 0 bridgehead atoms. The van der Waals surface area contributed by atoms with E-state index in [0.29, 0.717) is 23.8 Å². The van der Waals surface area contributed by atoms with Crippen molar-refractivity contribution in [2.24, 2.45) is 0 Å². The number of aliphatic hydroxyl groups is 1. The molecule has 0 saturated carbocycles. The molecule has 0 radical (unpaired) electrons. The van der Waals surface area contributed by atoms with Crippen molar-refractivity contribution in [2.45, 2.75) is 37.7 Å². The van der Waals surface area contributed by atoms with E-state index in [9.17, 15) is 31.4 Å². The highest BCUT2D eigenvalue weighted by molar-refractivity contribution is 5.48. The minimum absolute atomic E-state index is 0.0978. The van der Waals surface area contributed by atoms with Crippen molar-refractivity contribution in [3.05, 3.63) is 41.9 Å². The first-order valence-corrected chi connectivity index (χ1v) is 7.68. The molecule has 0 fully saturated rings. The third-order valence-electron chi connectivity index (χ3n) is 3.88. The van der Waals surface area contributed by atoms with Gasteiger partial charge >= 0.3 is 12.4 Å². The zero-order valence-corrected chi connectivity index (χ0v) is 14.5. The Labute approximate surface area is 150 Å². The van der Waals surface area contributed by atoms with Gasteiger partial charge in [-0.3, -0.25) is 9.40 Å². The molecule has 2 N–H and O–H groups in total. The van der Waals surface area contributed by atoms with Gasteiger partial charge in [0, 0.05) is 17.2 Å². The highest BCUT2D eigenvalue weighted by Crippen LogP contribution is 2.50. The Morgan fingerprint density at radius 3 is 1.96 bits per heavy atom. The Morgan fingerprint density at radius 1 is 1.04 bits per heavy atom. The predicted molar refractivity (Wildman–Crippen MR) is 84.3 cm³/mol. The van der Waals surface area contributed by atoms with Crippen LogP contribution in [0.4, 0.5) is 32.2 Å². The standard InChI is InChI=1S/C16H17F6N3O2/c1-9(2)13-23-8-12(24-27-3)25(13)11-6-4-10(5-7-11)14(26,15(17,18)19)16(20,21)22/h4-9,24,26H,1-3H3. The number of nitrogens with zero attached hydrogens (tertiary/aromatic N) is 2. The molecule has 0 atom stereocenters. The van der Waals surface area contributed by atoms with Crippen LogP contribution in [0.1, 0.15) is 31.2 Å². The Hall–Kier alpha value is -2.27. The Bertz CT molecular complexity index is 767. The van der Waals surface area contributed by atoms with E-state index >= 15 is 0 Å². The van der Waals surface area contributed by atoms with Crippen LogP contribution in [0.25, 0.3) is 5.69 Å². The molecule has 1 aromatic heterocycles. The van der Waals surface area contributed by atoms with Crippen LogP contribution < -0.4 is 5.48 Å². The molecular weight excluding hydrogens is 380 g/mol. The molecule has 11 heteroatoms. The predicted octanol–water partition coefficient (Wildman–Crippen LogP) is 4.28. The molecule has 0 aliphatic heterocycles. The van der Waals surface area contributed by atoms with E-state index in [1.165, 1.54) is 17.9 Å². The largest absolute Gasteiger partial charge is 0.430 e. The number of anilines is 1. The van der Waals surface area contributed by atoms with Crippen LogP contribution in [0.2, 0.25) is 0 Å². The molecular formula is C16H17F6N3O2. The monoisotopic (exact) mass is 397 g/mol. The van der Waals surface area contributed by atoms with Gasteiger partial charge in [0.25, 0.3) is 5.60 Å². The van der Waals surface area contributed by atoms with Gasteiger partial charge in [-0.25, -0.2) is 10.5 Å². The topological polar surface area (TPSA) is 59.3 Å². The first-order valence-electron chi connectivity index (χ1n) is 7.68. The Kier molecular flexibility index (Phi) is 5.48. The quantitative estimate of drug-likeness (QED) is 0.584. The second-order valence-corrected chi connectivity index (χ2v) is 6.05. The van der Waals surface area contributed by atoms with Gasteiger partial charge in [0.05, 0.1) is 13.3 Å². The van der Waals surface area contributed by atoms with Gasteiger partial charge in [-0.05, 0) is 12.1 Å². The van der Waals surface area contributed by atoms with Gasteiger partial charge in [-0.1, -0.05) is 26.0 Å². The summed E-state index contributed by atoms with van der Waals surface area (Å²) in [6.07, 6.45) is -10.5. The maximum Gasteiger partial charge on any atom is 0.430 e. The van der Waals surface area contributed by atoms with Gasteiger partial charge in [-0.15, -0.1) is 0 Å². The molecule has 0 aliphatic carbocycles. The molecule has 0 unspecified atom stereocenters. The van der Waals surface area contributed by atoms with E-state index in [0.717, 1.165) is 12.1 Å². The van der Waals surface area contributed by atoms with Crippen molar-refractivity contribution in [2.75, 3.05) is 12.6 Å². The molecule has 2 aromatic rings. The van der Waals surface area contributed by atoms with Crippen molar-refractivity contribution in [1.82, 2.24) is 9.55 Å². The molecule has 1 aromatic carbocycles. The normalized spacial score (nSPS) is 13.3. The highest BCUT2D eigenvalue weighted by Gasteiger charge is 2.71. The van der Waals surface area contributed by atoms with Crippen LogP contribution in [0.3, 0.4) is 0 Å². The molecule has 5 nitrogen and oxygen atoms in total. The number of halogens is 6. The van der Waals surface area contributed by atoms with Gasteiger partial charge in [0.1, 0.15) is 5.82 Å². The SMILES string of the molecule is CONc1cnc(C(C)C)n1-c1ccc(C(O)(C(F)(F)F)C(F)(F)F)cc1. The summed E-state index contributed by atoms with van der Waals surface area (Å²) >= 11 is 0. The van der Waals surface area contributed by atoms with E-state index < -0.39 is 23.5 Å². The highest BCUT2D eigenvalue weighted by atomic mass is 19.4. The number of hydrogen-bond acceptors (Lipinski definition) is 4. The summed E-state index contributed by atoms with van der Waals surface area (Å²) < 4.78 is 79.4. The minimum Gasteiger partial charge on any atom is -0.369 e. The summed E-state index contributed by atoms with van der Waals surface area (Å²) in [6.45, 7) is 3.63. The fourth-order valence-corrected chi connectivity index (χ4v) is 2.56. The summed E-state index contributed by atoms with van der Waals surface area (Å²) in [4.78, 5) is 8.97. The number of aromatic nitrogens is 2. The lowest BCUT2D eigenvalue weighted by Crippen LogP contribution is -2.53. The van der Waals surface area contributed by atoms with E-state index in [4.69, 9.17) is 4.84 Å². The lowest BCUT2D eigenvalue weighted by molar-refractivity contribution is -0.376. The summed E-state index contributed by atoms with van der Waals surface area (Å²) in [5.41, 5.74) is -3.53. The van der Waals surface area contributed by atoms with Crippen LogP contribution in [0.15, 0.2) is 30.5 Å². The average Bonchev–Trinajstić information content (AvgIpc) is 2.96. The van der Waals surface area contributed by atoms with Crippen molar-refractivity contribution >= 4 is 5.82 Å². The van der Waals surface area contributed by atoms with E-state index in [1.807, 2.05) is 13.8 Å². The summed E-state index contributed by atoms with van der Waals surface area (Å²) in [5.74, 6) is 0.736. The van der Waals surface area contributed by atoms with Gasteiger partial charge in [0.2, 0.25) is 0 Å². The van der Waals surface area contributed by atoms with Crippen LogP contribution in [-0.4, -0.2) is 34.1 Å². The molecule has 0 aliphatic rings. The van der Waals surface area contributed by atoms with Crippen molar-refractivity contribution in [3.8, 4) is 5.69 Å². The third kappa shape index (κ3) is 3.61. The molecule has 0 amide bonds. The van der Waals surface area contributed by atoms with Crippen molar-refractivity contribution in [3.63, 3.8) is 0 Å². The van der Waals surface area contributed by atoms with Gasteiger partial charge in [0.15, 0.2) is 5.82 Å². The van der Waals surface area contributed by atoms with Crippen LogP contribution in [-0.2, 0) is 10.4 Å². The Balaban J connectivity index is 2.57. The lowest BCUT2D eigenvalue weighted by atomic mass is 9.92. The number of benzene rings is 1. The number of alkyl halides is 6.